The van der Waals surface area contributed by atoms with Gasteiger partial charge >= 0.3 is 0 Å². The molecular formula is C28H60N2. The lowest BCUT2D eigenvalue weighted by atomic mass is 9.99. The van der Waals surface area contributed by atoms with Gasteiger partial charge in [0, 0.05) is 6.04 Å². The van der Waals surface area contributed by atoms with E-state index in [4.69, 9.17) is 5.73 Å². The average Bonchev–Trinajstić information content (AvgIpc) is 2.76. The fraction of sp³-hybridized carbons (Fsp3) is 1.00. The summed E-state index contributed by atoms with van der Waals surface area (Å²) >= 11 is 0. The third-order valence-corrected chi connectivity index (χ3v) is 6.87. The summed E-state index contributed by atoms with van der Waals surface area (Å²) in [7, 11) is 2.32. The van der Waals surface area contributed by atoms with Crippen LogP contribution >= 0.6 is 0 Å². The van der Waals surface area contributed by atoms with Crippen molar-refractivity contribution in [3.63, 3.8) is 0 Å². The van der Waals surface area contributed by atoms with Gasteiger partial charge in [0.05, 0.1) is 0 Å². The van der Waals surface area contributed by atoms with E-state index in [0.29, 0.717) is 0 Å². The number of unbranched alkanes of at least 4 members (excludes halogenated alkanes) is 17. The number of hydrogen-bond acceptors (Lipinski definition) is 2. The molecule has 182 valence electrons. The quantitative estimate of drug-likeness (QED) is 0.148. The van der Waals surface area contributed by atoms with Crippen LogP contribution in [0.3, 0.4) is 0 Å². The van der Waals surface area contributed by atoms with E-state index < -0.39 is 0 Å². The summed E-state index contributed by atoms with van der Waals surface area (Å²) in [4.78, 5) is 2.59. The zero-order chi connectivity index (χ0) is 22.1. The van der Waals surface area contributed by atoms with Gasteiger partial charge in [-0.1, -0.05) is 136 Å². The number of nitrogens with two attached hydrogens (primary N) is 1. The van der Waals surface area contributed by atoms with Crippen LogP contribution in [0.15, 0.2) is 0 Å². The van der Waals surface area contributed by atoms with Crippen molar-refractivity contribution in [2.45, 2.75) is 161 Å². The Kier molecular flexibility index (Phi) is 25.1. The Morgan fingerprint density at radius 2 is 0.833 bits per heavy atom. The molecule has 0 saturated carbocycles. The predicted molar refractivity (Wildman–Crippen MR) is 138 cm³/mol. The molecule has 0 radical (unpaired) electrons. The van der Waals surface area contributed by atoms with Gasteiger partial charge in [-0.2, -0.15) is 0 Å². The summed E-state index contributed by atoms with van der Waals surface area (Å²) in [6, 6.07) is 0.787. The lowest BCUT2D eigenvalue weighted by Crippen LogP contribution is -2.33. The van der Waals surface area contributed by atoms with Crippen molar-refractivity contribution in [2.75, 3.05) is 20.1 Å². The highest BCUT2D eigenvalue weighted by Gasteiger charge is 2.13. The first-order valence-electron chi connectivity index (χ1n) is 14.2. The van der Waals surface area contributed by atoms with Crippen LogP contribution < -0.4 is 5.73 Å². The topological polar surface area (TPSA) is 29.3 Å². The Morgan fingerprint density at radius 3 is 1.23 bits per heavy atom. The van der Waals surface area contributed by atoms with Crippen molar-refractivity contribution in [2.24, 2.45) is 5.73 Å². The molecule has 0 amide bonds. The van der Waals surface area contributed by atoms with Gasteiger partial charge < -0.3 is 10.6 Å². The number of rotatable bonds is 25. The summed E-state index contributed by atoms with van der Waals surface area (Å²) in [6.07, 6.45) is 31.3. The first-order valence-corrected chi connectivity index (χ1v) is 14.2. The molecular weight excluding hydrogens is 364 g/mol. The van der Waals surface area contributed by atoms with Crippen LogP contribution in [0.2, 0.25) is 0 Å². The van der Waals surface area contributed by atoms with Crippen LogP contribution in [-0.2, 0) is 0 Å². The van der Waals surface area contributed by atoms with E-state index in [1.165, 1.54) is 141 Å². The van der Waals surface area contributed by atoms with Crippen LogP contribution in [0.25, 0.3) is 0 Å². The van der Waals surface area contributed by atoms with E-state index in [-0.39, 0.29) is 0 Å². The molecule has 1 unspecified atom stereocenters. The van der Waals surface area contributed by atoms with Crippen LogP contribution in [0.5, 0.6) is 0 Å². The largest absolute Gasteiger partial charge is 0.330 e. The van der Waals surface area contributed by atoms with Crippen molar-refractivity contribution in [1.29, 1.82) is 0 Å². The molecule has 2 N–H and O–H groups in total. The van der Waals surface area contributed by atoms with Crippen LogP contribution in [0, 0.1) is 0 Å². The number of hydrogen-bond donors (Lipinski definition) is 1. The molecule has 2 heteroatoms. The Morgan fingerprint density at radius 1 is 0.500 bits per heavy atom. The lowest BCUT2D eigenvalue weighted by molar-refractivity contribution is 0.209. The van der Waals surface area contributed by atoms with Gasteiger partial charge in [-0.15, -0.1) is 0 Å². The molecule has 0 spiro atoms. The molecule has 0 saturated heterocycles. The zero-order valence-corrected chi connectivity index (χ0v) is 21.6. The normalized spacial score (nSPS) is 12.7. The smallest absolute Gasteiger partial charge is 0.00922 e. The molecule has 0 aliphatic carbocycles. The van der Waals surface area contributed by atoms with Crippen molar-refractivity contribution in [1.82, 2.24) is 4.90 Å². The van der Waals surface area contributed by atoms with Gasteiger partial charge in [0.2, 0.25) is 0 Å². The molecule has 0 aromatic carbocycles. The molecule has 0 rings (SSSR count). The lowest BCUT2D eigenvalue weighted by Gasteiger charge is -2.28. The maximum Gasteiger partial charge on any atom is 0.00922 e. The van der Waals surface area contributed by atoms with E-state index in [0.717, 1.165) is 19.0 Å². The van der Waals surface area contributed by atoms with Gasteiger partial charge in [0.25, 0.3) is 0 Å². The standard InChI is InChI=1S/C28H60N2/c1-4-6-8-9-10-11-12-13-14-15-16-17-18-19-20-22-25-28(24-21-7-5-2)30(3)27-23-26-29/h28H,4-27,29H2,1-3H3. The zero-order valence-electron chi connectivity index (χ0n) is 21.6. The van der Waals surface area contributed by atoms with Gasteiger partial charge in [0.1, 0.15) is 0 Å². The average molecular weight is 425 g/mol. The van der Waals surface area contributed by atoms with Crippen LogP contribution in [0.4, 0.5) is 0 Å². The highest BCUT2D eigenvalue weighted by Crippen LogP contribution is 2.18. The molecule has 0 aliphatic heterocycles. The summed E-state index contributed by atoms with van der Waals surface area (Å²) in [5, 5.41) is 0. The third-order valence-electron chi connectivity index (χ3n) is 6.87. The van der Waals surface area contributed by atoms with E-state index >= 15 is 0 Å². The second kappa shape index (κ2) is 25.2. The highest BCUT2D eigenvalue weighted by molar-refractivity contribution is 4.69. The van der Waals surface area contributed by atoms with E-state index in [1.807, 2.05) is 0 Å². The Bertz CT molecular complexity index is 305. The summed E-state index contributed by atoms with van der Waals surface area (Å²) in [6.45, 7) is 6.61. The molecule has 30 heavy (non-hydrogen) atoms. The maximum atomic E-state index is 5.71. The predicted octanol–water partition coefficient (Wildman–Crippen LogP) is 8.87. The Labute approximate surface area is 192 Å². The van der Waals surface area contributed by atoms with Crippen LogP contribution in [-0.4, -0.2) is 31.1 Å². The molecule has 0 bridgehead atoms. The SMILES string of the molecule is CCCCCCCCCCCCCCCCCCC(CCCCC)N(C)CCCN. The Balaban J connectivity index is 3.49. The molecule has 0 aromatic rings. The van der Waals surface area contributed by atoms with Gasteiger partial charge in [0.15, 0.2) is 0 Å². The summed E-state index contributed by atoms with van der Waals surface area (Å²) in [5.41, 5.74) is 5.71. The number of nitrogens with zero attached hydrogens (tertiary/aromatic N) is 1. The monoisotopic (exact) mass is 424 g/mol. The van der Waals surface area contributed by atoms with E-state index in [2.05, 4.69) is 25.8 Å². The van der Waals surface area contributed by atoms with Gasteiger partial charge in [-0.3, -0.25) is 0 Å². The molecule has 0 aromatic heterocycles. The minimum absolute atomic E-state index is 0.787. The highest BCUT2D eigenvalue weighted by atomic mass is 15.1. The third kappa shape index (κ3) is 21.2. The first-order chi connectivity index (χ1) is 14.8. The summed E-state index contributed by atoms with van der Waals surface area (Å²) in [5.74, 6) is 0. The molecule has 0 heterocycles. The molecule has 1 atom stereocenters. The van der Waals surface area contributed by atoms with E-state index in [9.17, 15) is 0 Å². The van der Waals surface area contributed by atoms with Gasteiger partial charge in [-0.25, -0.2) is 0 Å². The molecule has 2 nitrogen and oxygen atoms in total. The van der Waals surface area contributed by atoms with Crippen molar-refractivity contribution in [3.8, 4) is 0 Å². The fourth-order valence-electron chi connectivity index (χ4n) is 4.67. The molecule has 0 aliphatic rings. The first kappa shape index (κ1) is 29.9. The fourth-order valence-corrected chi connectivity index (χ4v) is 4.67. The second-order valence-corrected chi connectivity index (χ2v) is 9.86. The minimum Gasteiger partial charge on any atom is -0.330 e. The minimum atomic E-state index is 0.787. The summed E-state index contributed by atoms with van der Waals surface area (Å²) < 4.78 is 0. The van der Waals surface area contributed by atoms with Crippen LogP contribution in [0.1, 0.15) is 155 Å². The Hall–Kier alpha value is -0.0800. The second-order valence-electron chi connectivity index (χ2n) is 9.86. The molecule has 0 fully saturated rings. The van der Waals surface area contributed by atoms with Gasteiger partial charge in [-0.05, 0) is 39.4 Å². The maximum absolute atomic E-state index is 5.71. The van der Waals surface area contributed by atoms with Crippen molar-refractivity contribution >= 4 is 0 Å². The van der Waals surface area contributed by atoms with E-state index in [1.54, 1.807) is 0 Å². The van der Waals surface area contributed by atoms with Crippen molar-refractivity contribution in [3.05, 3.63) is 0 Å². The van der Waals surface area contributed by atoms with Crippen molar-refractivity contribution < 1.29 is 0 Å².